The summed E-state index contributed by atoms with van der Waals surface area (Å²) in [5.41, 5.74) is 3.11. The van der Waals surface area contributed by atoms with Crippen molar-refractivity contribution >= 4 is 11.3 Å². The van der Waals surface area contributed by atoms with Crippen molar-refractivity contribution in [2.24, 2.45) is 0 Å². The summed E-state index contributed by atoms with van der Waals surface area (Å²) in [7, 11) is 1.68. The molecule has 0 unspecified atom stereocenters. The lowest BCUT2D eigenvalue weighted by molar-refractivity contribution is 0.414. The van der Waals surface area contributed by atoms with E-state index in [1.165, 1.54) is 10.4 Å². The molecule has 0 aliphatic heterocycles. The normalized spacial score (nSPS) is 10.3. The highest BCUT2D eigenvalue weighted by Crippen LogP contribution is 2.11. The first-order valence-electron chi connectivity index (χ1n) is 5.09. The van der Waals surface area contributed by atoms with E-state index in [2.05, 4.69) is 22.4 Å². The van der Waals surface area contributed by atoms with Gasteiger partial charge < -0.3 is 10.1 Å². The number of hydrogen-bond acceptors (Lipinski definition) is 4. The first-order valence-corrected chi connectivity index (χ1v) is 5.97. The van der Waals surface area contributed by atoms with E-state index in [4.69, 9.17) is 4.74 Å². The second-order valence-corrected chi connectivity index (χ2v) is 4.39. The summed E-state index contributed by atoms with van der Waals surface area (Å²) >= 11 is 1.67. The fourth-order valence-electron chi connectivity index (χ4n) is 1.40. The quantitative estimate of drug-likeness (QED) is 0.862. The summed E-state index contributed by atoms with van der Waals surface area (Å²) in [6.07, 6.45) is 1.89. The van der Waals surface area contributed by atoms with Gasteiger partial charge in [-0.2, -0.15) is 0 Å². The van der Waals surface area contributed by atoms with Crippen molar-refractivity contribution in [2.75, 3.05) is 7.11 Å². The van der Waals surface area contributed by atoms with Gasteiger partial charge in [0.25, 0.3) is 0 Å². The third kappa shape index (κ3) is 3.05. The van der Waals surface area contributed by atoms with Gasteiger partial charge in [0.05, 0.1) is 12.6 Å². The van der Waals surface area contributed by atoms with Crippen LogP contribution in [0.1, 0.15) is 10.4 Å². The molecule has 0 amide bonds. The molecule has 1 N–H and O–H groups in total. The number of thiazole rings is 1. The molecule has 2 aromatic rings. The Balaban J connectivity index is 1.81. The van der Waals surface area contributed by atoms with Gasteiger partial charge >= 0.3 is 0 Å². The molecule has 0 spiro atoms. The number of benzene rings is 1. The molecule has 16 heavy (non-hydrogen) atoms. The maximum Gasteiger partial charge on any atom is 0.118 e. The Morgan fingerprint density at radius 2 is 2.06 bits per heavy atom. The summed E-state index contributed by atoms with van der Waals surface area (Å²) in [6, 6.07) is 8.09. The molecule has 1 heterocycles. The van der Waals surface area contributed by atoms with Crippen molar-refractivity contribution in [1.82, 2.24) is 10.3 Å². The van der Waals surface area contributed by atoms with E-state index in [-0.39, 0.29) is 0 Å². The Hall–Kier alpha value is -1.39. The number of methoxy groups -OCH3 is 1. The largest absolute Gasteiger partial charge is 0.497 e. The second kappa shape index (κ2) is 5.63. The minimum absolute atomic E-state index is 0.863. The van der Waals surface area contributed by atoms with Gasteiger partial charge in [-0.25, -0.2) is 0 Å². The number of ether oxygens (including phenoxy) is 1. The highest BCUT2D eigenvalue weighted by molar-refractivity contribution is 7.09. The number of nitrogens with zero attached hydrogens (tertiary/aromatic N) is 1. The van der Waals surface area contributed by atoms with Gasteiger partial charge in [-0.15, -0.1) is 11.3 Å². The first-order chi connectivity index (χ1) is 7.88. The average molecular weight is 234 g/mol. The average Bonchev–Trinajstić information content (AvgIpc) is 2.83. The Kier molecular flexibility index (Phi) is 3.91. The van der Waals surface area contributed by atoms with Crippen molar-refractivity contribution in [2.45, 2.75) is 13.1 Å². The number of hydrogen-bond donors (Lipinski definition) is 1. The first kappa shape index (κ1) is 11.1. The molecule has 84 valence electrons. The predicted molar refractivity (Wildman–Crippen MR) is 65.7 cm³/mol. The van der Waals surface area contributed by atoms with Crippen LogP contribution >= 0.6 is 11.3 Å². The monoisotopic (exact) mass is 234 g/mol. The van der Waals surface area contributed by atoms with Crippen LogP contribution in [0.15, 0.2) is 36.0 Å². The molecule has 0 saturated heterocycles. The van der Waals surface area contributed by atoms with Crippen LogP contribution in [0.25, 0.3) is 0 Å². The van der Waals surface area contributed by atoms with Crippen LogP contribution < -0.4 is 10.1 Å². The third-order valence-electron chi connectivity index (χ3n) is 2.27. The van der Waals surface area contributed by atoms with Crippen molar-refractivity contribution in [3.8, 4) is 5.75 Å². The summed E-state index contributed by atoms with van der Waals surface area (Å²) in [6.45, 7) is 1.73. The molecule has 0 aliphatic rings. The van der Waals surface area contributed by atoms with Crippen LogP contribution in [-0.4, -0.2) is 12.1 Å². The molecular formula is C12H14N2OS. The minimum atomic E-state index is 0.863. The van der Waals surface area contributed by atoms with E-state index in [0.717, 1.165) is 18.8 Å². The number of rotatable bonds is 5. The van der Waals surface area contributed by atoms with Crippen molar-refractivity contribution in [1.29, 1.82) is 0 Å². The summed E-state index contributed by atoms with van der Waals surface area (Å²) in [5.74, 6) is 0.895. The topological polar surface area (TPSA) is 34.1 Å². The van der Waals surface area contributed by atoms with E-state index in [9.17, 15) is 0 Å². The number of nitrogens with one attached hydrogen (secondary N) is 1. The zero-order chi connectivity index (χ0) is 11.2. The van der Waals surface area contributed by atoms with E-state index in [1.54, 1.807) is 18.4 Å². The lowest BCUT2D eigenvalue weighted by Crippen LogP contribution is -2.11. The van der Waals surface area contributed by atoms with Gasteiger partial charge in [0.15, 0.2) is 0 Å². The van der Waals surface area contributed by atoms with Gasteiger partial charge in [-0.05, 0) is 17.7 Å². The van der Waals surface area contributed by atoms with Crippen LogP contribution in [0.3, 0.4) is 0 Å². The molecule has 4 heteroatoms. The third-order valence-corrected chi connectivity index (χ3v) is 3.05. The molecule has 1 aromatic heterocycles. The Bertz CT molecular complexity index is 411. The van der Waals surface area contributed by atoms with Gasteiger partial charge in [-0.1, -0.05) is 12.1 Å². The van der Waals surface area contributed by atoms with Gasteiger partial charge in [0.1, 0.15) is 5.75 Å². The molecule has 0 aliphatic carbocycles. The number of aromatic nitrogens is 1. The zero-order valence-corrected chi connectivity index (χ0v) is 9.96. The summed E-state index contributed by atoms with van der Waals surface area (Å²) in [5, 5.41) is 3.37. The van der Waals surface area contributed by atoms with Crippen molar-refractivity contribution in [3.63, 3.8) is 0 Å². The summed E-state index contributed by atoms with van der Waals surface area (Å²) in [4.78, 5) is 5.29. The molecule has 0 bridgehead atoms. The Morgan fingerprint density at radius 1 is 1.25 bits per heavy atom. The zero-order valence-electron chi connectivity index (χ0n) is 9.14. The molecule has 0 radical (unpaired) electrons. The molecule has 3 nitrogen and oxygen atoms in total. The lowest BCUT2D eigenvalue weighted by Gasteiger charge is -2.04. The smallest absolute Gasteiger partial charge is 0.118 e. The second-order valence-electron chi connectivity index (χ2n) is 3.42. The molecule has 2 rings (SSSR count). The van der Waals surface area contributed by atoms with Crippen molar-refractivity contribution in [3.05, 3.63) is 46.4 Å². The highest BCUT2D eigenvalue weighted by atomic mass is 32.1. The van der Waals surface area contributed by atoms with Gasteiger partial charge in [0, 0.05) is 24.2 Å². The maximum absolute atomic E-state index is 5.11. The fraction of sp³-hybridized carbons (Fsp3) is 0.250. The Labute approximate surface area is 99.1 Å². The van der Waals surface area contributed by atoms with Gasteiger partial charge in [-0.3, -0.25) is 4.98 Å². The van der Waals surface area contributed by atoms with E-state index >= 15 is 0 Å². The van der Waals surface area contributed by atoms with Crippen molar-refractivity contribution < 1.29 is 4.74 Å². The minimum Gasteiger partial charge on any atom is -0.497 e. The van der Waals surface area contributed by atoms with E-state index in [1.807, 2.05) is 23.8 Å². The lowest BCUT2D eigenvalue weighted by atomic mass is 10.2. The predicted octanol–water partition coefficient (Wildman–Crippen LogP) is 2.44. The molecule has 1 aromatic carbocycles. The van der Waals surface area contributed by atoms with E-state index < -0.39 is 0 Å². The van der Waals surface area contributed by atoms with Crippen LogP contribution in [0.2, 0.25) is 0 Å². The van der Waals surface area contributed by atoms with Crippen LogP contribution in [0.4, 0.5) is 0 Å². The molecular weight excluding hydrogens is 220 g/mol. The van der Waals surface area contributed by atoms with E-state index in [0.29, 0.717) is 0 Å². The SMILES string of the molecule is COc1ccc(CNCc2cncs2)cc1. The maximum atomic E-state index is 5.11. The van der Waals surface area contributed by atoms with Crippen LogP contribution in [0.5, 0.6) is 5.75 Å². The summed E-state index contributed by atoms with van der Waals surface area (Å²) < 4.78 is 5.11. The molecule has 0 saturated carbocycles. The highest BCUT2D eigenvalue weighted by Gasteiger charge is 1.96. The van der Waals surface area contributed by atoms with Crippen LogP contribution in [0, 0.1) is 0 Å². The molecule has 0 fully saturated rings. The fourth-order valence-corrected chi connectivity index (χ4v) is 1.97. The van der Waals surface area contributed by atoms with Gasteiger partial charge in [0.2, 0.25) is 0 Å². The molecule has 0 atom stereocenters. The Morgan fingerprint density at radius 3 is 2.69 bits per heavy atom. The van der Waals surface area contributed by atoms with Crippen LogP contribution in [-0.2, 0) is 13.1 Å². The standard InChI is InChI=1S/C12H14N2OS/c1-15-11-4-2-10(3-5-11)6-13-7-12-8-14-9-16-12/h2-5,8-9,13H,6-7H2,1H3.